The molecule has 1 aliphatic rings. The lowest BCUT2D eigenvalue weighted by atomic mass is 10.00. The van der Waals surface area contributed by atoms with Gasteiger partial charge in [-0.05, 0) is 37.8 Å². The van der Waals surface area contributed by atoms with Crippen molar-refractivity contribution in [3.05, 3.63) is 30.1 Å². The summed E-state index contributed by atoms with van der Waals surface area (Å²) in [6.07, 6.45) is 2.25. The number of halogens is 1. The highest BCUT2D eigenvalue weighted by Gasteiger charge is 2.19. The SMILES string of the molecule is CN=C(NCC(C)Oc1ccccc1F)N1CCC(C)CC1. The summed E-state index contributed by atoms with van der Waals surface area (Å²) in [4.78, 5) is 6.61. The molecule has 1 N–H and O–H groups in total. The Morgan fingerprint density at radius 2 is 2.09 bits per heavy atom. The average Bonchev–Trinajstić information content (AvgIpc) is 2.52. The summed E-state index contributed by atoms with van der Waals surface area (Å²) in [6, 6.07) is 6.48. The van der Waals surface area contributed by atoms with Gasteiger partial charge in [-0.3, -0.25) is 4.99 Å². The second-order valence-electron chi connectivity index (χ2n) is 5.96. The lowest BCUT2D eigenvalue weighted by Crippen LogP contribution is -2.47. The fraction of sp³-hybridized carbons (Fsp3) is 0.588. The van der Waals surface area contributed by atoms with Crippen molar-refractivity contribution in [2.45, 2.75) is 32.8 Å². The van der Waals surface area contributed by atoms with E-state index in [1.807, 2.05) is 6.92 Å². The van der Waals surface area contributed by atoms with E-state index in [4.69, 9.17) is 4.74 Å². The summed E-state index contributed by atoms with van der Waals surface area (Å²) in [5.74, 6) is 1.65. The van der Waals surface area contributed by atoms with E-state index in [-0.39, 0.29) is 11.9 Å². The average molecular weight is 307 g/mol. The molecule has 1 heterocycles. The number of piperidine rings is 1. The van der Waals surface area contributed by atoms with Crippen molar-refractivity contribution >= 4 is 5.96 Å². The molecular formula is C17H26FN3O. The predicted molar refractivity (Wildman–Crippen MR) is 87.8 cm³/mol. The first-order valence-electron chi connectivity index (χ1n) is 7.97. The summed E-state index contributed by atoms with van der Waals surface area (Å²) >= 11 is 0. The third-order valence-electron chi connectivity index (χ3n) is 4.01. The van der Waals surface area contributed by atoms with Crippen LogP contribution in [0.25, 0.3) is 0 Å². The Morgan fingerprint density at radius 3 is 2.73 bits per heavy atom. The number of ether oxygens (including phenoxy) is 1. The van der Waals surface area contributed by atoms with E-state index < -0.39 is 0 Å². The van der Waals surface area contributed by atoms with Crippen LogP contribution in [0, 0.1) is 11.7 Å². The Bertz CT molecular complexity index is 498. The highest BCUT2D eigenvalue weighted by molar-refractivity contribution is 5.79. The van der Waals surface area contributed by atoms with Gasteiger partial charge in [-0.1, -0.05) is 19.1 Å². The van der Waals surface area contributed by atoms with Gasteiger partial charge in [-0.2, -0.15) is 0 Å². The van der Waals surface area contributed by atoms with E-state index >= 15 is 0 Å². The van der Waals surface area contributed by atoms with Crippen molar-refractivity contribution in [3.63, 3.8) is 0 Å². The Hall–Kier alpha value is -1.78. The standard InChI is InChI=1S/C17H26FN3O/c1-13-8-10-21(11-9-13)17(19-3)20-12-14(2)22-16-7-5-4-6-15(16)18/h4-7,13-14H,8-12H2,1-3H3,(H,19,20). The minimum atomic E-state index is -0.330. The topological polar surface area (TPSA) is 36.9 Å². The molecule has 1 aromatic carbocycles. The van der Waals surface area contributed by atoms with Crippen LogP contribution in [0.15, 0.2) is 29.3 Å². The smallest absolute Gasteiger partial charge is 0.193 e. The molecule has 1 aliphatic heterocycles. The third kappa shape index (κ3) is 4.61. The monoisotopic (exact) mass is 307 g/mol. The van der Waals surface area contributed by atoms with Crippen LogP contribution in [0.2, 0.25) is 0 Å². The molecular weight excluding hydrogens is 281 g/mol. The van der Waals surface area contributed by atoms with Gasteiger partial charge in [0, 0.05) is 20.1 Å². The summed E-state index contributed by atoms with van der Waals surface area (Å²) in [5.41, 5.74) is 0. The second-order valence-corrected chi connectivity index (χ2v) is 5.96. The van der Waals surface area contributed by atoms with Gasteiger partial charge in [0.1, 0.15) is 6.10 Å². The lowest BCUT2D eigenvalue weighted by Gasteiger charge is -2.33. The highest BCUT2D eigenvalue weighted by Crippen LogP contribution is 2.17. The summed E-state index contributed by atoms with van der Waals surface area (Å²) < 4.78 is 19.2. The molecule has 0 radical (unpaired) electrons. The maximum atomic E-state index is 13.6. The van der Waals surface area contributed by atoms with E-state index in [9.17, 15) is 4.39 Å². The number of hydrogen-bond donors (Lipinski definition) is 1. The van der Waals surface area contributed by atoms with Crippen molar-refractivity contribution in [1.29, 1.82) is 0 Å². The molecule has 0 spiro atoms. The van der Waals surface area contributed by atoms with Gasteiger partial charge in [0.25, 0.3) is 0 Å². The molecule has 1 atom stereocenters. The summed E-state index contributed by atoms with van der Waals surface area (Å²) in [5, 5.41) is 3.32. The number of nitrogens with one attached hydrogen (secondary N) is 1. The van der Waals surface area contributed by atoms with Crippen LogP contribution in [0.5, 0.6) is 5.75 Å². The van der Waals surface area contributed by atoms with Crippen molar-refractivity contribution in [3.8, 4) is 5.75 Å². The Kier molecular flexibility index (Phi) is 6.04. The molecule has 1 fully saturated rings. The number of aliphatic imine (C=N–C) groups is 1. The lowest BCUT2D eigenvalue weighted by molar-refractivity contribution is 0.210. The van der Waals surface area contributed by atoms with Crippen LogP contribution in [0.4, 0.5) is 4.39 Å². The summed E-state index contributed by atoms with van der Waals surface area (Å²) in [6.45, 7) is 6.86. The minimum absolute atomic E-state index is 0.141. The van der Waals surface area contributed by atoms with Crippen molar-refractivity contribution < 1.29 is 9.13 Å². The van der Waals surface area contributed by atoms with Crippen LogP contribution in [0.1, 0.15) is 26.7 Å². The molecule has 1 aromatic rings. The van der Waals surface area contributed by atoms with Crippen LogP contribution in [0.3, 0.4) is 0 Å². The normalized spacial score (nSPS) is 18.2. The Morgan fingerprint density at radius 1 is 1.41 bits per heavy atom. The fourth-order valence-electron chi connectivity index (χ4n) is 2.59. The Labute approximate surface area is 132 Å². The quantitative estimate of drug-likeness (QED) is 0.686. The minimum Gasteiger partial charge on any atom is -0.486 e. The van der Waals surface area contributed by atoms with Gasteiger partial charge in [-0.25, -0.2) is 4.39 Å². The molecule has 0 amide bonds. The Balaban J connectivity index is 1.82. The molecule has 2 rings (SSSR count). The molecule has 0 aliphatic carbocycles. The van der Waals surface area contributed by atoms with Crippen molar-refractivity contribution in [2.75, 3.05) is 26.7 Å². The van der Waals surface area contributed by atoms with Crippen molar-refractivity contribution in [2.24, 2.45) is 10.9 Å². The van der Waals surface area contributed by atoms with Crippen LogP contribution < -0.4 is 10.1 Å². The first kappa shape index (κ1) is 16.6. The molecule has 22 heavy (non-hydrogen) atoms. The van der Waals surface area contributed by atoms with E-state index in [1.165, 1.54) is 18.9 Å². The maximum absolute atomic E-state index is 13.6. The zero-order chi connectivity index (χ0) is 15.9. The number of benzene rings is 1. The molecule has 1 saturated heterocycles. The molecule has 4 nitrogen and oxygen atoms in total. The van der Waals surface area contributed by atoms with E-state index in [0.29, 0.717) is 12.3 Å². The zero-order valence-electron chi connectivity index (χ0n) is 13.7. The number of likely N-dealkylation sites (tertiary alicyclic amines) is 1. The third-order valence-corrected chi connectivity index (χ3v) is 4.01. The number of nitrogens with zero attached hydrogens (tertiary/aromatic N) is 2. The maximum Gasteiger partial charge on any atom is 0.193 e. The van der Waals surface area contributed by atoms with E-state index in [2.05, 4.69) is 22.1 Å². The van der Waals surface area contributed by atoms with Crippen LogP contribution in [-0.2, 0) is 0 Å². The van der Waals surface area contributed by atoms with Gasteiger partial charge in [0.05, 0.1) is 6.54 Å². The highest BCUT2D eigenvalue weighted by atomic mass is 19.1. The fourth-order valence-corrected chi connectivity index (χ4v) is 2.59. The van der Waals surface area contributed by atoms with Gasteiger partial charge < -0.3 is 15.0 Å². The molecule has 122 valence electrons. The molecule has 0 saturated carbocycles. The van der Waals surface area contributed by atoms with Crippen LogP contribution in [-0.4, -0.2) is 43.6 Å². The van der Waals surface area contributed by atoms with Crippen LogP contribution >= 0.6 is 0 Å². The molecule has 5 heteroatoms. The second kappa shape index (κ2) is 8.01. The number of rotatable bonds is 4. The van der Waals surface area contributed by atoms with Gasteiger partial charge in [0.2, 0.25) is 0 Å². The number of guanidine groups is 1. The van der Waals surface area contributed by atoms with Crippen molar-refractivity contribution in [1.82, 2.24) is 10.2 Å². The first-order valence-corrected chi connectivity index (χ1v) is 7.97. The van der Waals surface area contributed by atoms with Gasteiger partial charge in [-0.15, -0.1) is 0 Å². The first-order chi connectivity index (χ1) is 10.6. The molecule has 1 unspecified atom stereocenters. The molecule has 0 aromatic heterocycles. The number of para-hydroxylation sites is 1. The van der Waals surface area contributed by atoms with Gasteiger partial charge in [0.15, 0.2) is 17.5 Å². The van der Waals surface area contributed by atoms with Gasteiger partial charge >= 0.3 is 0 Å². The number of hydrogen-bond acceptors (Lipinski definition) is 2. The van der Waals surface area contributed by atoms with E-state index in [1.54, 1.807) is 25.2 Å². The largest absolute Gasteiger partial charge is 0.486 e. The molecule has 0 bridgehead atoms. The summed E-state index contributed by atoms with van der Waals surface area (Å²) in [7, 11) is 1.79. The van der Waals surface area contributed by atoms with E-state index in [0.717, 1.165) is 25.0 Å². The predicted octanol–water partition coefficient (Wildman–Crippen LogP) is 2.90. The zero-order valence-corrected chi connectivity index (χ0v) is 13.7.